The number of piperidine rings is 3. The van der Waals surface area contributed by atoms with Crippen LogP contribution in [-0.4, -0.2) is 56.1 Å². The van der Waals surface area contributed by atoms with E-state index in [0.717, 1.165) is 29.7 Å². The first-order valence-corrected chi connectivity index (χ1v) is 14.5. The van der Waals surface area contributed by atoms with Crippen molar-refractivity contribution in [2.24, 2.45) is 5.92 Å². The Kier molecular flexibility index (Phi) is 6.71. The average Bonchev–Trinajstić information content (AvgIpc) is 3.29. The van der Waals surface area contributed by atoms with Crippen molar-refractivity contribution in [3.05, 3.63) is 57.9 Å². The van der Waals surface area contributed by atoms with Gasteiger partial charge in [0.2, 0.25) is 10.0 Å². The summed E-state index contributed by atoms with van der Waals surface area (Å²) in [5.41, 5.74) is 3.34. The largest absolute Gasteiger partial charge is 0.379 e. The van der Waals surface area contributed by atoms with Crippen molar-refractivity contribution in [1.82, 2.24) is 9.88 Å². The molecule has 3 N–H and O–H groups in total. The minimum Gasteiger partial charge on any atom is -0.379 e. The van der Waals surface area contributed by atoms with Gasteiger partial charge in [0, 0.05) is 40.4 Å². The number of pyridine rings is 1. The molecule has 1 atom stereocenters. The number of fused-ring (bicyclic) bond motifs is 3. The van der Waals surface area contributed by atoms with Crippen LogP contribution in [0.4, 0.5) is 17.1 Å². The molecule has 184 valence electrons. The fraction of sp³-hybridized carbons (Fsp3) is 0.333. The summed E-state index contributed by atoms with van der Waals surface area (Å²) in [6, 6.07) is 10.8. The van der Waals surface area contributed by atoms with Crippen LogP contribution in [0, 0.1) is 5.92 Å². The smallest absolute Gasteiger partial charge is 0.265 e. The van der Waals surface area contributed by atoms with Gasteiger partial charge in [0.25, 0.3) is 5.91 Å². The molecule has 3 saturated heterocycles. The second-order valence-electron chi connectivity index (χ2n) is 9.05. The number of halogens is 1. The highest BCUT2D eigenvalue weighted by atomic mass is 35.5. The zero-order valence-corrected chi connectivity index (χ0v) is 21.5. The molecule has 0 radical (unpaired) electrons. The number of nitrogens with one attached hydrogen (secondary N) is 3. The maximum atomic E-state index is 12.9. The van der Waals surface area contributed by atoms with Crippen molar-refractivity contribution in [2.45, 2.75) is 18.9 Å². The van der Waals surface area contributed by atoms with Crippen molar-refractivity contribution >= 4 is 55.9 Å². The van der Waals surface area contributed by atoms with E-state index < -0.39 is 10.0 Å². The summed E-state index contributed by atoms with van der Waals surface area (Å²) in [7, 11) is -3.47. The van der Waals surface area contributed by atoms with Crippen LogP contribution in [0.1, 0.15) is 22.5 Å². The molecule has 0 unspecified atom stereocenters. The Bertz CT molecular complexity index is 1350. The fourth-order valence-corrected chi connectivity index (χ4v) is 6.35. The summed E-state index contributed by atoms with van der Waals surface area (Å²) in [6.07, 6.45) is 5.26. The van der Waals surface area contributed by atoms with Crippen LogP contribution in [-0.2, 0) is 10.0 Å². The Morgan fingerprint density at radius 3 is 2.66 bits per heavy atom. The Hall–Kier alpha value is -2.66. The van der Waals surface area contributed by atoms with Crippen LogP contribution in [0.25, 0.3) is 11.3 Å². The summed E-state index contributed by atoms with van der Waals surface area (Å²) in [6.45, 7) is 3.42. The Balaban J connectivity index is 1.32. The lowest BCUT2D eigenvalue weighted by molar-refractivity contribution is 0.0975. The first-order valence-electron chi connectivity index (χ1n) is 11.4. The van der Waals surface area contributed by atoms with Crippen molar-refractivity contribution in [3.63, 3.8) is 0 Å². The van der Waals surface area contributed by atoms with Gasteiger partial charge in [0.05, 0.1) is 28.2 Å². The molecule has 3 aliphatic heterocycles. The van der Waals surface area contributed by atoms with Gasteiger partial charge in [0.1, 0.15) is 0 Å². The van der Waals surface area contributed by atoms with Crippen LogP contribution in [0.15, 0.2) is 48.0 Å². The lowest BCUT2D eigenvalue weighted by Gasteiger charge is -2.45. The van der Waals surface area contributed by atoms with E-state index in [1.807, 2.05) is 23.6 Å². The molecule has 11 heteroatoms. The highest BCUT2D eigenvalue weighted by Gasteiger charge is 2.34. The van der Waals surface area contributed by atoms with E-state index in [1.54, 1.807) is 12.3 Å². The number of thiophene rings is 1. The van der Waals surface area contributed by atoms with Crippen LogP contribution < -0.4 is 15.4 Å². The molecule has 8 nitrogen and oxygen atoms in total. The molecule has 3 aliphatic rings. The predicted molar refractivity (Wildman–Crippen MR) is 142 cm³/mol. The normalized spacial score (nSPS) is 21.5. The molecule has 3 fully saturated rings. The third-order valence-corrected chi connectivity index (χ3v) is 8.11. The van der Waals surface area contributed by atoms with Crippen LogP contribution in [0.5, 0.6) is 0 Å². The molecular formula is C24H26ClN5O3S2. The molecule has 0 saturated carbocycles. The average molecular weight is 532 g/mol. The Morgan fingerprint density at radius 2 is 1.94 bits per heavy atom. The number of hydrogen-bond donors (Lipinski definition) is 3. The van der Waals surface area contributed by atoms with Crippen molar-refractivity contribution in [2.75, 3.05) is 41.2 Å². The number of amides is 1. The van der Waals surface area contributed by atoms with E-state index in [4.69, 9.17) is 11.6 Å². The van der Waals surface area contributed by atoms with Crippen molar-refractivity contribution in [1.29, 1.82) is 0 Å². The molecule has 35 heavy (non-hydrogen) atoms. The van der Waals surface area contributed by atoms with Gasteiger partial charge < -0.3 is 15.5 Å². The van der Waals surface area contributed by atoms with Gasteiger partial charge in [-0.15, -0.1) is 11.3 Å². The molecule has 0 aliphatic carbocycles. The SMILES string of the molecule is CS(=O)(=O)Nc1cc(Cl)cc(NC(=O)c2cc(-c3ncccc3N[C@H]3CN4CCC3CC4)cs2)c1. The van der Waals surface area contributed by atoms with Crippen LogP contribution >= 0.6 is 22.9 Å². The molecule has 0 spiro atoms. The molecule has 1 amide bonds. The Morgan fingerprint density at radius 1 is 1.17 bits per heavy atom. The molecule has 1 aromatic carbocycles. The second kappa shape index (κ2) is 9.77. The lowest BCUT2D eigenvalue weighted by Crippen LogP contribution is -2.53. The zero-order valence-electron chi connectivity index (χ0n) is 19.1. The molecule has 3 aromatic rings. The number of carbonyl (C=O) groups is 1. The predicted octanol–water partition coefficient (Wildman–Crippen LogP) is 4.59. The molecule has 2 aromatic heterocycles. The summed E-state index contributed by atoms with van der Waals surface area (Å²) >= 11 is 7.44. The molecule has 6 rings (SSSR count). The monoisotopic (exact) mass is 531 g/mol. The molecule has 2 bridgehead atoms. The van der Waals surface area contributed by atoms with Gasteiger partial charge in [-0.1, -0.05) is 11.6 Å². The summed E-state index contributed by atoms with van der Waals surface area (Å²) in [4.78, 5) is 20.6. The van der Waals surface area contributed by atoms with Gasteiger partial charge in [-0.25, -0.2) is 8.42 Å². The van der Waals surface area contributed by atoms with Gasteiger partial charge in [-0.3, -0.25) is 14.5 Å². The first kappa shape index (κ1) is 24.1. The van der Waals surface area contributed by atoms with Crippen LogP contribution in [0.3, 0.4) is 0 Å². The number of aromatic nitrogens is 1. The number of carbonyl (C=O) groups excluding carboxylic acids is 1. The van der Waals surface area contributed by atoms with Gasteiger partial charge in [-0.2, -0.15) is 0 Å². The second-order valence-corrected chi connectivity index (χ2v) is 12.1. The van der Waals surface area contributed by atoms with Crippen molar-refractivity contribution < 1.29 is 13.2 Å². The number of hydrogen-bond acceptors (Lipinski definition) is 7. The minimum absolute atomic E-state index is 0.277. The summed E-state index contributed by atoms with van der Waals surface area (Å²) < 4.78 is 25.5. The van der Waals surface area contributed by atoms with E-state index in [-0.39, 0.29) is 11.6 Å². The number of benzene rings is 1. The Labute approximate surface area is 213 Å². The number of rotatable bonds is 7. The highest BCUT2D eigenvalue weighted by Crippen LogP contribution is 2.34. The van der Waals surface area contributed by atoms with E-state index in [1.165, 1.54) is 49.4 Å². The van der Waals surface area contributed by atoms with E-state index in [2.05, 4.69) is 25.2 Å². The first-order chi connectivity index (χ1) is 16.7. The quantitative estimate of drug-likeness (QED) is 0.412. The summed E-state index contributed by atoms with van der Waals surface area (Å²) in [5, 5.41) is 8.74. The minimum atomic E-state index is -3.47. The van der Waals surface area contributed by atoms with E-state index >= 15 is 0 Å². The number of anilines is 3. The van der Waals surface area contributed by atoms with E-state index in [9.17, 15) is 13.2 Å². The highest BCUT2D eigenvalue weighted by molar-refractivity contribution is 7.92. The molecule has 5 heterocycles. The fourth-order valence-electron chi connectivity index (χ4n) is 4.79. The number of sulfonamides is 1. The maximum absolute atomic E-state index is 12.9. The standard InChI is InChI=1S/C24H26ClN5O3S2/c1-35(32,33)29-19-11-17(25)10-18(12-19)27-24(31)22-9-16(14-34-22)23-20(3-2-6-26-23)28-21-13-30-7-4-15(21)5-8-30/h2-3,6,9-12,14-15,21,28-29H,4-5,7-8,13H2,1H3,(H,27,31)/t21-/m0/s1. The third-order valence-electron chi connectivity index (χ3n) is 6.36. The maximum Gasteiger partial charge on any atom is 0.265 e. The lowest BCUT2D eigenvalue weighted by atomic mass is 9.84. The third kappa shape index (κ3) is 5.78. The topological polar surface area (TPSA) is 103 Å². The van der Waals surface area contributed by atoms with E-state index in [0.29, 0.717) is 27.5 Å². The van der Waals surface area contributed by atoms with Gasteiger partial charge in [-0.05, 0) is 68.2 Å². The van der Waals surface area contributed by atoms with Crippen LogP contribution in [0.2, 0.25) is 5.02 Å². The summed E-state index contributed by atoms with van der Waals surface area (Å²) in [5.74, 6) is 0.369. The zero-order chi connectivity index (χ0) is 24.6. The van der Waals surface area contributed by atoms with Gasteiger partial charge in [0.15, 0.2) is 0 Å². The van der Waals surface area contributed by atoms with Crippen molar-refractivity contribution in [3.8, 4) is 11.3 Å². The van der Waals surface area contributed by atoms with Gasteiger partial charge >= 0.3 is 0 Å². The number of nitrogens with zero attached hydrogens (tertiary/aromatic N) is 2. The molecular weight excluding hydrogens is 506 g/mol.